The second kappa shape index (κ2) is 6.39. The molecule has 1 aromatic heterocycles. The van der Waals surface area contributed by atoms with Crippen LogP contribution in [0.25, 0.3) is 0 Å². The first-order valence-corrected chi connectivity index (χ1v) is 7.47. The van der Waals surface area contributed by atoms with Gasteiger partial charge in [0.1, 0.15) is 5.75 Å². The van der Waals surface area contributed by atoms with E-state index in [4.69, 9.17) is 9.47 Å². The number of carbonyl (C=O) groups excluding carboxylic acids is 1. The Hall–Kier alpha value is -1.07. The first kappa shape index (κ1) is 14.3. The molecule has 1 aromatic rings. The number of esters is 1. The fraction of sp³-hybridized carbons (Fsp3) is 0.643. The van der Waals surface area contributed by atoms with E-state index in [1.54, 1.807) is 0 Å². The fourth-order valence-electron chi connectivity index (χ4n) is 2.36. The van der Waals surface area contributed by atoms with Crippen LogP contribution in [0.2, 0.25) is 0 Å². The number of carbonyl (C=O) groups is 1. The average molecular weight is 284 g/mol. The molecule has 4 nitrogen and oxygen atoms in total. The zero-order chi connectivity index (χ0) is 13.8. The van der Waals surface area contributed by atoms with Gasteiger partial charge < -0.3 is 14.6 Å². The number of rotatable bonds is 4. The third-order valence-corrected chi connectivity index (χ3v) is 4.63. The summed E-state index contributed by atoms with van der Waals surface area (Å²) in [5.74, 6) is 0.781. The summed E-state index contributed by atoms with van der Waals surface area (Å²) in [7, 11) is 1.38. The van der Waals surface area contributed by atoms with Crippen LogP contribution in [0.3, 0.4) is 0 Å². The highest BCUT2D eigenvalue weighted by Crippen LogP contribution is 2.32. The smallest absolute Gasteiger partial charge is 0.351 e. The van der Waals surface area contributed by atoms with Gasteiger partial charge in [0.15, 0.2) is 4.88 Å². The summed E-state index contributed by atoms with van der Waals surface area (Å²) in [5, 5.41) is 11.4. The topological polar surface area (TPSA) is 55.8 Å². The summed E-state index contributed by atoms with van der Waals surface area (Å²) in [5.41, 5.74) is 0.973. The lowest BCUT2D eigenvalue weighted by Crippen LogP contribution is -2.23. The molecule has 0 unspecified atom stereocenters. The highest BCUT2D eigenvalue weighted by atomic mass is 32.1. The van der Waals surface area contributed by atoms with Crippen LogP contribution in [-0.2, 0) is 4.74 Å². The van der Waals surface area contributed by atoms with E-state index in [1.165, 1.54) is 18.4 Å². The Labute approximate surface area is 117 Å². The third-order valence-electron chi connectivity index (χ3n) is 3.57. The summed E-state index contributed by atoms with van der Waals surface area (Å²) in [4.78, 5) is 12.2. The van der Waals surface area contributed by atoms with E-state index in [2.05, 4.69) is 0 Å². The molecule has 106 valence electrons. The first-order valence-electron chi connectivity index (χ1n) is 6.59. The van der Waals surface area contributed by atoms with Crippen LogP contribution in [0.5, 0.6) is 5.75 Å². The van der Waals surface area contributed by atoms with Crippen molar-refractivity contribution >= 4 is 17.3 Å². The molecule has 19 heavy (non-hydrogen) atoms. The number of methoxy groups -OCH3 is 1. The molecule has 0 amide bonds. The number of thiophene rings is 1. The zero-order valence-electron chi connectivity index (χ0n) is 11.3. The number of aryl methyl sites for hydroxylation is 1. The van der Waals surface area contributed by atoms with Gasteiger partial charge in [0.05, 0.1) is 19.8 Å². The predicted molar refractivity (Wildman–Crippen MR) is 73.9 cm³/mol. The van der Waals surface area contributed by atoms with E-state index < -0.39 is 0 Å². The molecule has 1 fully saturated rings. The number of aliphatic hydroxyl groups excluding tert-OH is 1. The van der Waals surface area contributed by atoms with Crippen LogP contribution in [-0.4, -0.2) is 30.9 Å². The van der Waals surface area contributed by atoms with Crippen molar-refractivity contribution in [1.29, 1.82) is 0 Å². The highest BCUT2D eigenvalue weighted by Gasteiger charge is 2.22. The maximum absolute atomic E-state index is 11.6. The summed E-state index contributed by atoms with van der Waals surface area (Å²) in [6.45, 7) is 2.54. The monoisotopic (exact) mass is 284 g/mol. The van der Waals surface area contributed by atoms with Crippen LogP contribution >= 0.6 is 11.3 Å². The maximum Gasteiger partial charge on any atom is 0.351 e. The van der Waals surface area contributed by atoms with E-state index in [0.29, 0.717) is 23.2 Å². The van der Waals surface area contributed by atoms with Gasteiger partial charge in [-0.25, -0.2) is 4.79 Å². The molecule has 5 heteroatoms. The van der Waals surface area contributed by atoms with Crippen molar-refractivity contribution in [3.8, 4) is 5.75 Å². The molecule has 2 rings (SSSR count). The van der Waals surface area contributed by atoms with Crippen LogP contribution in [0, 0.1) is 12.8 Å². The molecule has 0 atom stereocenters. The van der Waals surface area contributed by atoms with E-state index in [1.807, 2.05) is 12.3 Å². The fourth-order valence-corrected chi connectivity index (χ4v) is 3.27. The van der Waals surface area contributed by atoms with Crippen molar-refractivity contribution in [1.82, 2.24) is 0 Å². The summed E-state index contributed by atoms with van der Waals surface area (Å²) < 4.78 is 10.6. The van der Waals surface area contributed by atoms with Crippen LogP contribution in [0.1, 0.15) is 40.9 Å². The van der Waals surface area contributed by atoms with Gasteiger partial charge >= 0.3 is 5.97 Å². The van der Waals surface area contributed by atoms with E-state index >= 15 is 0 Å². The molecule has 0 aliphatic heterocycles. The highest BCUT2D eigenvalue weighted by molar-refractivity contribution is 7.12. The van der Waals surface area contributed by atoms with Gasteiger partial charge in [-0.1, -0.05) is 0 Å². The van der Waals surface area contributed by atoms with Gasteiger partial charge in [-0.2, -0.15) is 0 Å². The van der Waals surface area contributed by atoms with Gasteiger partial charge in [-0.05, 0) is 43.9 Å². The summed E-state index contributed by atoms with van der Waals surface area (Å²) in [6.07, 6.45) is 3.52. The van der Waals surface area contributed by atoms with Crippen LogP contribution in [0.15, 0.2) is 5.38 Å². The Morgan fingerprint density at radius 2 is 2.11 bits per heavy atom. The molecule has 0 bridgehead atoms. The summed E-state index contributed by atoms with van der Waals surface area (Å²) in [6, 6.07) is 0. The minimum Gasteiger partial charge on any atom is -0.491 e. The molecule has 0 aromatic carbocycles. The second-order valence-electron chi connectivity index (χ2n) is 5.05. The van der Waals surface area contributed by atoms with Gasteiger partial charge in [0.2, 0.25) is 0 Å². The average Bonchev–Trinajstić information content (AvgIpc) is 2.78. The van der Waals surface area contributed by atoms with Gasteiger partial charge in [-0.15, -0.1) is 11.3 Å². The number of ether oxygens (including phenoxy) is 2. The Balaban J connectivity index is 1.95. The molecule has 1 saturated carbocycles. The Morgan fingerprint density at radius 1 is 1.42 bits per heavy atom. The van der Waals surface area contributed by atoms with Gasteiger partial charge in [-0.3, -0.25) is 0 Å². The minimum atomic E-state index is -0.341. The molecule has 1 N–H and O–H groups in total. The lowest BCUT2D eigenvalue weighted by Gasteiger charge is -2.25. The Morgan fingerprint density at radius 3 is 2.74 bits per heavy atom. The quantitative estimate of drug-likeness (QED) is 0.864. The van der Waals surface area contributed by atoms with Crippen molar-refractivity contribution in [3.63, 3.8) is 0 Å². The number of hydrogen-bond donors (Lipinski definition) is 1. The molecule has 0 spiro atoms. The molecule has 1 aliphatic carbocycles. The molecular formula is C14H20O4S. The van der Waals surface area contributed by atoms with Crippen molar-refractivity contribution < 1.29 is 19.4 Å². The van der Waals surface area contributed by atoms with E-state index in [9.17, 15) is 9.90 Å². The molecule has 1 aliphatic rings. The zero-order valence-corrected chi connectivity index (χ0v) is 12.2. The minimum absolute atomic E-state index is 0.148. The Bertz CT molecular complexity index is 433. The predicted octanol–water partition coefficient (Wildman–Crippen LogP) is 2.77. The SMILES string of the molecule is COC(=O)c1scc(C)c1OCC1CCC(O)CC1. The lowest BCUT2D eigenvalue weighted by atomic mass is 9.88. The number of aliphatic hydroxyl groups is 1. The van der Waals surface area contributed by atoms with Gasteiger partial charge in [0, 0.05) is 5.56 Å². The normalized spacial score (nSPS) is 23.1. The Kier molecular flexibility index (Phi) is 4.82. The summed E-state index contributed by atoms with van der Waals surface area (Å²) >= 11 is 1.36. The molecule has 0 radical (unpaired) electrons. The molecule has 0 saturated heterocycles. The number of hydrogen-bond acceptors (Lipinski definition) is 5. The van der Waals surface area contributed by atoms with E-state index in [-0.39, 0.29) is 12.1 Å². The van der Waals surface area contributed by atoms with Gasteiger partial charge in [0.25, 0.3) is 0 Å². The maximum atomic E-state index is 11.6. The first-order chi connectivity index (χ1) is 9.11. The van der Waals surface area contributed by atoms with Crippen LogP contribution in [0.4, 0.5) is 0 Å². The van der Waals surface area contributed by atoms with Crippen LogP contribution < -0.4 is 4.74 Å². The largest absolute Gasteiger partial charge is 0.491 e. The standard InChI is InChI=1S/C14H20O4S/c1-9-8-19-13(14(16)17-2)12(9)18-7-10-3-5-11(15)6-4-10/h8,10-11,15H,3-7H2,1-2H3. The van der Waals surface area contributed by atoms with Crippen molar-refractivity contribution in [2.75, 3.05) is 13.7 Å². The second-order valence-corrected chi connectivity index (χ2v) is 5.93. The lowest BCUT2D eigenvalue weighted by molar-refractivity contribution is 0.0599. The molecular weight excluding hydrogens is 264 g/mol. The third kappa shape index (κ3) is 3.48. The van der Waals surface area contributed by atoms with Crippen molar-refractivity contribution in [3.05, 3.63) is 15.8 Å². The molecule has 1 heterocycles. The van der Waals surface area contributed by atoms with E-state index in [0.717, 1.165) is 31.2 Å². The van der Waals surface area contributed by atoms with Crippen molar-refractivity contribution in [2.24, 2.45) is 5.92 Å². The van der Waals surface area contributed by atoms with Crippen molar-refractivity contribution in [2.45, 2.75) is 38.7 Å².